The van der Waals surface area contributed by atoms with Crippen LogP contribution in [0.4, 0.5) is 15.3 Å². The van der Waals surface area contributed by atoms with Gasteiger partial charge in [0.25, 0.3) is 0 Å². The summed E-state index contributed by atoms with van der Waals surface area (Å²) in [6.07, 6.45) is 1.64. The number of aromatic nitrogens is 1. The van der Waals surface area contributed by atoms with E-state index in [9.17, 15) is 9.59 Å². The van der Waals surface area contributed by atoms with Gasteiger partial charge in [-0.1, -0.05) is 18.2 Å². The zero-order valence-corrected chi connectivity index (χ0v) is 10.3. The maximum atomic E-state index is 11.7. The monoisotopic (exact) mass is 259 g/mol. The summed E-state index contributed by atoms with van der Waals surface area (Å²) < 4.78 is 0. The van der Waals surface area contributed by atoms with Gasteiger partial charge in [-0.3, -0.25) is 4.98 Å². The number of nitrogens with zero attached hydrogens (tertiary/aromatic N) is 2. The van der Waals surface area contributed by atoms with Crippen LogP contribution in [0, 0.1) is 0 Å². The zero-order valence-electron chi connectivity index (χ0n) is 10.3. The van der Waals surface area contributed by atoms with E-state index in [-0.39, 0.29) is 0 Å². The van der Waals surface area contributed by atoms with Gasteiger partial charge in [-0.15, -0.1) is 0 Å². The molecule has 0 radical (unpaired) electrons. The highest BCUT2D eigenvalue weighted by atomic mass is 16.2. The van der Waals surface area contributed by atoms with Gasteiger partial charge in [0, 0.05) is 18.6 Å². The molecular weight excluding hydrogens is 246 g/mol. The molecule has 0 saturated carbocycles. The molecule has 1 aromatic heterocycles. The fourth-order valence-corrected chi connectivity index (χ4v) is 1.56. The lowest BCUT2D eigenvalue weighted by atomic mass is 10.2. The maximum absolute atomic E-state index is 11.7. The van der Waals surface area contributed by atoms with Crippen molar-refractivity contribution in [1.29, 1.82) is 0 Å². The Morgan fingerprint density at radius 1 is 1.26 bits per heavy atom. The maximum Gasteiger partial charge on any atom is 0.338 e. The molecule has 0 spiro atoms. The zero-order chi connectivity index (χ0) is 13.8. The Morgan fingerprint density at radius 3 is 2.74 bits per heavy atom. The van der Waals surface area contributed by atoms with Gasteiger partial charge in [0.1, 0.15) is 0 Å². The van der Waals surface area contributed by atoms with Gasteiger partial charge in [-0.25, -0.2) is 20.0 Å². The number of benzene rings is 1. The Bertz CT molecular complexity index is 623. The molecule has 0 fully saturated rings. The average molecular weight is 259 g/mol. The number of hydrogen-bond acceptors (Lipinski definition) is 3. The molecule has 98 valence electrons. The molecule has 0 aliphatic rings. The first-order valence-corrected chi connectivity index (χ1v) is 5.52. The number of para-hydroxylation sites is 1. The van der Waals surface area contributed by atoms with Crippen LogP contribution in [0.3, 0.4) is 0 Å². The van der Waals surface area contributed by atoms with Crippen LogP contribution in [0.5, 0.6) is 0 Å². The quantitative estimate of drug-likeness (QED) is 0.672. The number of fused-ring (bicyclic) bond motifs is 1. The molecule has 4 amide bonds. The van der Waals surface area contributed by atoms with E-state index in [0.29, 0.717) is 11.2 Å². The molecule has 7 heteroatoms. The number of hydrazine groups is 1. The van der Waals surface area contributed by atoms with Crippen molar-refractivity contribution in [2.45, 2.75) is 0 Å². The van der Waals surface area contributed by atoms with Crippen LogP contribution in [0.1, 0.15) is 0 Å². The Kier molecular flexibility index (Phi) is 3.46. The fraction of sp³-hybridized carbons (Fsp3) is 0.0833. The second-order valence-corrected chi connectivity index (χ2v) is 3.84. The van der Waals surface area contributed by atoms with Crippen LogP contribution in [0.2, 0.25) is 0 Å². The second-order valence-electron chi connectivity index (χ2n) is 3.84. The second kappa shape index (κ2) is 5.21. The summed E-state index contributed by atoms with van der Waals surface area (Å²) in [6, 6.07) is 7.79. The number of hydrogen-bond donors (Lipinski definition) is 3. The summed E-state index contributed by atoms with van der Waals surface area (Å²) in [7, 11) is 1.35. The van der Waals surface area contributed by atoms with Crippen molar-refractivity contribution in [2.24, 2.45) is 5.73 Å². The van der Waals surface area contributed by atoms with Gasteiger partial charge < -0.3 is 11.1 Å². The van der Waals surface area contributed by atoms with E-state index in [0.717, 1.165) is 10.4 Å². The number of urea groups is 2. The molecule has 0 saturated heterocycles. The predicted molar refractivity (Wildman–Crippen MR) is 71.2 cm³/mol. The number of rotatable bonds is 1. The van der Waals surface area contributed by atoms with Gasteiger partial charge in [-0.05, 0) is 12.1 Å². The van der Waals surface area contributed by atoms with Crippen LogP contribution >= 0.6 is 0 Å². The summed E-state index contributed by atoms with van der Waals surface area (Å²) in [5, 5.41) is 4.40. The minimum absolute atomic E-state index is 0.550. The standard InChI is InChI=1S/C12H13N5O2/c1-17(11(13)18)16-12(19)15-9-6-2-4-8-5-3-7-14-10(8)9/h2-7H,1H3,(H2,13,18)(H2,15,16,19). The number of amides is 4. The molecule has 2 aromatic rings. The lowest BCUT2D eigenvalue weighted by Crippen LogP contribution is -2.47. The largest absolute Gasteiger partial charge is 0.350 e. The summed E-state index contributed by atoms with van der Waals surface area (Å²) in [6.45, 7) is 0. The van der Waals surface area contributed by atoms with Gasteiger partial charge >= 0.3 is 12.1 Å². The Balaban J connectivity index is 2.17. The van der Waals surface area contributed by atoms with Crippen LogP contribution < -0.4 is 16.5 Å². The fourth-order valence-electron chi connectivity index (χ4n) is 1.56. The Morgan fingerprint density at radius 2 is 2.00 bits per heavy atom. The van der Waals surface area contributed by atoms with Crippen molar-refractivity contribution < 1.29 is 9.59 Å². The number of primary amides is 1. The molecule has 0 atom stereocenters. The van der Waals surface area contributed by atoms with E-state index in [1.807, 2.05) is 18.2 Å². The molecule has 0 aliphatic heterocycles. The minimum atomic E-state index is -0.758. The summed E-state index contributed by atoms with van der Waals surface area (Å²) in [5.74, 6) is 0. The molecule has 0 bridgehead atoms. The molecule has 1 aromatic carbocycles. The normalized spacial score (nSPS) is 9.95. The summed E-state index contributed by atoms with van der Waals surface area (Å²) >= 11 is 0. The van der Waals surface area contributed by atoms with Crippen LogP contribution in [-0.2, 0) is 0 Å². The van der Waals surface area contributed by atoms with E-state index >= 15 is 0 Å². The van der Waals surface area contributed by atoms with Crippen molar-refractivity contribution in [3.8, 4) is 0 Å². The Hall–Kier alpha value is -2.83. The molecule has 1 heterocycles. The highest BCUT2D eigenvalue weighted by molar-refractivity contribution is 5.99. The van der Waals surface area contributed by atoms with E-state index in [2.05, 4.69) is 15.7 Å². The first kappa shape index (κ1) is 12.6. The molecule has 4 N–H and O–H groups in total. The number of pyridine rings is 1. The molecule has 0 unspecified atom stereocenters. The average Bonchev–Trinajstić information content (AvgIpc) is 2.39. The van der Waals surface area contributed by atoms with Crippen molar-refractivity contribution >= 4 is 28.7 Å². The van der Waals surface area contributed by atoms with Gasteiger partial charge in [0.05, 0.1) is 11.2 Å². The third-order valence-corrected chi connectivity index (χ3v) is 2.48. The van der Waals surface area contributed by atoms with Gasteiger partial charge in [0.2, 0.25) is 0 Å². The van der Waals surface area contributed by atoms with Crippen LogP contribution in [0.15, 0.2) is 36.5 Å². The SMILES string of the molecule is CN(NC(=O)Nc1cccc2cccnc12)C(N)=O. The molecular formula is C12H13N5O2. The number of carbonyl (C=O) groups is 2. The molecule has 7 nitrogen and oxygen atoms in total. The van der Waals surface area contributed by atoms with E-state index in [4.69, 9.17) is 5.73 Å². The molecule has 2 rings (SSSR count). The van der Waals surface area contributed by atoms with E-state index < -0.39 is 12.1 Å². The molecule has 0 aliphatic carbocycles. The first-order chi connectivity index (χ1) is 9.08. The number of carbonyl (C=O) groups excluding carboxylic acids is 2. The number of nitrogens with two attached hydrogens (primary N) is 1. The topological polar surface area (TPSA) is 100 Å². The van der Waals surface area contributed by atoms with E-state index in [1.165, 1.54) is 7.05 Å². The lowest BCUT2D eigenvalue weighted by molar-refractivity contribution is 0.193. The first-order valence-electron chi connectivity index (χ1n) is 5.52. The van der Waals surface area contributed by atoms with Gasteiger partial charge in [-0.2, -0.15) is 0 Å². The number of nitrogens with one attached hydrogen (secondary N) is 2. The van der Waals surface area contributed by atoms with Crippen molar-refractivity contribution in [3.63, 3.8) is 0 Å². The van der Waals surface area contributed by atoms with Gasteiger partial charge in [0.15, 0.2) is 0 Å². The minimum Gasteiger partial charge on any atom is -0.350 e. The Labute approximate surface area is 109 Å². The van der Waals surface area contributed by atoms with Crippen LogP contribution in [0.25, 0.3) is 10.9 Å². The van der Waals surface area contributed by atoms with Crippen molar-refractivity contribution in [3.05, 3.63) is 36.5 Å². The highest BCUT2D eigenvalue weighted by Gasteiger charge is 2.09. The number of anilines is 1. The third kappa shape index (κ3) is 2.89. The summed E-state index contributed by atoms with van der Waals surface area (Å²) in [4.78, 5) is 26.7. The van der Waals surface area contributed by atoms with E-state index in [1.54, 1.807) is 18.3 Å². The third-order valence-electron chi connectivity index (χ3n) is 2.48. The highest BCUT2D eigenvalue weighted by Crippen LogP contribution is 2.20. The lowest BCUT2D eigenvalue weighted by Gasteiger charge is -2.16. The van der Waals surface area contributed by atoms with Crippen molar-refractivity contribution in [1.82, 2.24) is 15.4 Å². The molecule has 19 heavy (non-hydrogen) atoms. The van der Waals surface area contributed by atoms with Crippen LogP contribution in [-0.4, -0.2) is 29.1 Å². The summed E-state index contributed by atoms with van der Waals surface area (Å²) in [5.41, 5.74) is 8.49. The van der Waals surface area contributed by atoms with Crippen molar-refractivity contribution in [2.75, 3.05) is 12.4 Å². The smallest absolute Gasteiger partial charge is 0.338 e. The predicted octanol–water partition coefficient (Wildman–Crippen LogP) is 1.28.